The van der Waals surface area contributed by atoms with Gasteiger partial charge in [-0.2, -0.15) is 5.10 Å². The van der Waals surface area contributed by atoms with Gasteiger partial charge in [0.2, 0.25) is 0 Å². The molecule has 1 N–H and O–H groups in total. The molecule has 8 nitrogen and oxygen atoms in total. The molecule has 4 rings (SSSR count). The number of nitrogens with one attached hydrogen (secondary N) is 1. The number of methoxy groups -OCH3 is 1. The number of benzene rings is 3. The maximum atomic E-state index is 14.4. The summed E-state index contributed by atoms with van der Waals surface area (Å²) in [5.74, 6) is -0.686. The number of amides is 1. The van der Waals surface area contributed by atoms with Crippen molar-refractivity contribution in [3.8, 4) is 11.4 Å². The van der Waals surface area contributed by atoms with Crippen molar-refractivity contribution in [3.05, 3.63) is 107 Å². The Bertz CT molecular complexity index is 1640. The second-order valence-electron chi connectivity index (χ2n) is 8.55. The third-order valence-corrected chi connectivity index (χ3v) is 8.08. The van der Waals surface area contributed by atoms with Crippen LogP contribution in [-0.4, -0.2) is 38.8 Å². The van der Waals surface area contributed by atoms with Crippen LogP contribution in [0.4, 0.5) is 10.1 Å². The standard InChI is InChI=1S/C28H26ClFN4O4S/c1-19-15-21(20(2)34(19)26-12-8-7-11-25(26)30)17-31-32-28(35)18-33(22-13-14-27(38-3)24(29)16-22)39(36,37)23-9-5-4-6-10-23/h4-17H,18H2,1-3H3,(H,32,35)/b31-17-. The zero-order valence-corrected chi connectivity index (χ0v) is 23.0. The molecule has 0 atom stereocenters. The molecule has 0 fully saturated rings. The molecular weight excluding hydrogens is 543 g/mol. The molecule has 0 aliphatic carbocycles. The van der Waals surface area contributed by atoms with Crippen molar-refractivity contribution >= 4 is 39.4 Å². The molecule has 0 radical (unpaired) electrons. The van der Waals surface area contributed by atoms with Crippen molar-refractivity contribution in [1.29, 1.82) is 0 Å². The number of hydrogen-bond acceptors (Lipinski definition) is 5. The summed E-state index contributed by atoms with van der Waals surface area (Å²) < 4.78 is 49.2. The molecule has 1 amide bonds. The first-order valence-corrected chi connectivity index (χ1v) is 13.6. The highest BCUT2D eigenvalue weighted by Gasteiger charge is 2.27. The largest absolute Gasteiger partial charge is 0.495 e. The number of anilines is 1. The summed E-state index contributed by atoms with van der Waals surface area (Å²) in [6.07, 6.45) is 1.43. The van der Waals surface area contributed by atoms with E-state index in [1.54, 1.807) is 41.0 Å². The van der Waals surface area contributed by atoms with Crippen molar-refractivity contribution in [3.63, 3.8) is 0 Å². The average molecular weight is 569 g/mol. The van der Waals surface area contributed by atoms with Crippen molar-refractivity contribution < 1.29 is 22.3 Å². The summed E-state index contributed by atoms with van der Waals surface area (Å²) in [5, 5.41) is 4.21. The molecule has 1 aromatic heterocycles. The van der Waals surface area contributed by atoms with Crippen molar-refractivity contribution in [2.75, 3.05) is 18.0 Å². The molecule has 39 heavy (non-hydrogen) atoms. The number of ether oxygens (including phenoxy) is 1. The molecule has 0 saturated carbocycles. The van der Waals surface area contributed by atoms with Gasteiger partial charge in [-0.05, 0) is 62.4 Å². The molecule has 4 aromatic rings. The number of sulfonamides is 1. The van der Waals surface area contributed by atoms with Gasteiger partial charge in [0.25, 0.3) is 15.9 Å². The highest BCUT2D eigenvalue weighted by atomic mass is 35.5. The number of hydrogen-bond donors (Lipinski definition) is 1. The second-order valence-corrected chi connectivity index (χ2v) is 10.8. The Balaban J connectivity index is 1.58. The average Bonchev–Trinajstić information content (AvgIpc) is 3.20. The molecule has 11 heteroatoms. The third kappa shape index (κ3) is 5.97. The first-order valence-electron chi connectivity index (χ1n) is 11.8. The molecule has 0 aliphatic rings. The van der Waals surface area contributed by atoms with Gasteiger partial charge in [0.15, 0.2) is 0 Å². The van der Waals surface area contributed by atoms with E-state index in [1.165, 1.54) is 49.7 Å². The predicted molar refractivity (Wildman–Crippen MR) is 150 cm³/mol. The Morgan fingerprint density at radius 1 is 1.08 bits per heavy atom. The lowest BCUT2D eigenvalue weighted by Crippen LogP contribution is -2.39. The zero-order valence-electron chi connectivity index (χ0n) is 21.4. The Morgan fingerprint density at radius 3 is 2.44 bits per heavy atom. The van der Waals surface area contributed by atoms with Crippen LogP contribution >= 0.6 is 11.6 Å². The summed E-state index contributed by atoms with van der Waals surface area (Å²) in [5.41, 5.74) is 5.12. The van der Waals surface area contributed by atoms with Crippen molar-refractivity contribution in [2.45, 2.75) is 18.7 Å². The van der Waals surface area contributed by atoms with Crippen LogP contribution in [-0.2, 0) is 14.8 Å². The van der Waals surface area contributed by atoms with E-state index in [0.29, 0.717) is 17.0 Å². The van der Waals surface area contributed by atoms with Crippen LogP contribution in [0.1, 0.15) is 17.0 Å². The number of aromatic nitrogens is 1. The van der Waals surface area contributed by atoms with E-state index in [4.69, 9.17) is 16.3 Å². The molecule has 0 aliphatic heterocycles. The Labute approximate surface area is 231 Å². The molecule has 3 aromatic carbocycles. The Kier molecular flexibility index (Phi) is 8.37. The summed E-state index contributed by atoms with van der Waals surface area (Å²) >= 11 is 6.25. The number of carbonyl (C=O) groups excluding carboxylic acids is 1. The fourth-order valence-electron chi connectivity index (χ4n) is 4.11. The summed E-state index contributed by atoms with van der Waals surface area (Å²) in [7, 11) is -2.68. The minimum absolute atomic E-state index is 0.00817. The van der Waals surface area contributed by atoms with Gasteiger partial charge >= 0.3 is 0 Å². The normalized spacial score (nSPS) is 11.5. The van der Waals surface area contributed by atoms with E-state index in [1.807, 2.05) is 19.9 Å². The smallest absolute Gasteiger partial charge is 0.264 e. The maximum Gasteiger partial charge on any atom is 0.264 e. The zero-order chi connectivity index (χ0) is 28.2. The van der Waals surface area contributed by atoms with Crippen LogP contribution in [0.5, 0.6) is 5.75 Å². The highest BCUT2D eigenvalue weighted by molar-refractivity contribution is 7.92. The minimum atomic E-state index is -4.12. The van der Waals surface area contributed by atoms with Gasteiger partial charge in [0.05, 0.1) is 34.6 Å². The summed E-state index contributed by atoms with van der Waals surface area (Å²) in [6, 6.07) is 20.4. The van der Waals surface area contributed by atoms with Crippen molar-refractivity contribution in [1.82, 2.24) is 9.99 Å². The van der Waals surface area contributed by atoms with Crippen LogP contribution in [0, 0.1) is 19.7 Å². The fraction of sp³-hybridized carbons (Fsp3) is 0.143. The van der Waals surface area contributed by atoms with E-state index in [2.05, 4.69) is 10.5 Å². The number of hydrazone groups is 1. The van der Waals surface area contributed by atoms with Gasteiger partial charge in [0, 0.05) is 17.0 Å². The molecule has 0 spiro atoms. The van der Waals surface area contributed by atoms with Crippen LogP contribution < -0.4 is 14.5 Å². The number of aryl methyl sites for hydroxylation is 1. The van der Waals surface area contributed by atoms with E-state index in [9.17, 15) is 17.6 Å². The first-order chi connectivity index (χ1) is 18.6. The third-order valence-electron chi connectivity index (χ3n) is 6.00. The summed E-state index contributed by atoms with van der Waals surface area (Å²) in [6.45, 7) is 3.08. The number of carbonyl (C=O) groups is 1. The van der Waals surface area contributed by atoms with E-state index in [0.717, 1.165) is 15.7 Å². The lowest BCUT2D eigenvalue weighted by Gasteiger charge is -2.24. The molecule has 0 saturated heterocycles. The van der Waals surface area contributed by atoms with Gasteiger partial charge in [0.1, 0.15) is 18.1 Å². The number of para-hydroxylation sites is 1. The summed E-state index contributed by atoms with van der Waals surface area (Å²) in [4.78, 5) is 12.9. The molecule has 1 heterocycles. The quantitative estimate of drug-likeness (QED) is 0.221. The van der Waals surface area contributed by atoms with Crippen LogP contribution in [0.25, 0.3) is 5.69 Å². The monoisotopic (exact) mass is 568 g/mol. The molecule has 202 valence electrons. The van der Waals surface area contributed by atoms with Crippen LogP contribution in [0.3, 0.4) is 0 Å². The van der Waals surface area contributed by atoms with Gasteiger partial charge in [-0.25, -0.2) is 18.2 Å². The lowest BCUT2D eigenvalue weighted by atomic mass is 10.2. The molecule has 0 unspecified atom stereocenters. The van der Waals surface area contributed by atoms with Gasteiger partial charge in [-0.15, -0.1) is 0 Å². The predicted octanol–water partition coefficient (Wildman–Crippen LogP) is 5.24. The topological polar surface area (TPSA) is 93.0 Å². The number of rotatable bonds is 9. The maximum absolute atomic E-state index is 14.4. The highest BCUT2D eigenvalue weighted by Crippen LogP contribution is 2.32. The van der Waals surface area contributed by atoms with Crippen molar-refractivity contribution in [2.24, 2.45) is 5.10 Å². The Morgan fingerprint density at radius 2 is 1.77 bits per heavy atom. The van der Waals surface area contributed by atoms with Gasteiger partial charge in [-0.1, -0.05) is 41.9 Å². The lowest BCUT2D eigenvalue weighted by molar-refractivity contribution is -0.119. The second kappa shape index (κ2) is 11.7. The Hall–Kier alpha value is -4.15. The number of halogens is 2. The first kappa shape index (κ1) is 27.9. The number of nitrogens with zero attached hydrogens (tertiary/aromatic N) is 3. The molecular formula is C28H26ClFN4O4S. The minimum Gasteiger partial charge on any atom is -0.495 e. The van der Waals surface area contributed by atoms with E-state index >= 15 is 0 Å². The van der Waals surface area contributed by atoms with Crippen LogP contribution in [0.2, 0.25) is 5.02 Å². The fourth-order valence-corrected chi connectivity index (χ4v) is 5.79. The molecule has 0 bridgehead atoms. The SMILES string of the molecule is COc1ccc(N(CC(=O)N/N=C\c2cc(C)n(-c3ccccc3F)c2C)S(=O)(=O)c2ccccc2)cc1Cl. The van der Waals surface area contributed by atoms with E-state index < -0.39 is 22.5 Å². The van der Waals surface area contributed by atoms with Crippen LogP contribution in [0.15, 0.2) is 88.9 Å². The van der Waals surface area contributed by atoms with Gasteiger partial charge in [-0.3, -0.25) is 9.10 Å². The van der Waals surface area contributed by atoms with Gasteiger partial charge < -0.3 is 9.30 Å². The van der Waals surface area contributed by atoms with E-state index in [-0.39, 0.29) is 21.4 Å².